The van der Waals surface area contributed by atoms with Gasteiger partial charge in [0.25, 0.3) is 0 Å². The third-order valence-corrected chi connectivity index (χ3v) is 4.39. The highest BCUT2D eigenvalue weighted by Crippen LogP contribution is 2.24. The SMILES string of the molecule is CN(C)c1ccc(C=CC(=O)N2CCC(C(=O)O)CC2)c(Cl)c1. The predicted molar refractivity (Wildman–Crippen MR) is 91.8 cm³/mol. The van der Waals surface area contributed by atoms with Crippen LogP contribution >= 0.6 is 11.6 Å². The maximum absolute atomic E-state index is 12.2. The molecule has 0 radical (unpaired) electrons. The Hall–Kier alpha value is -2.01. The summed E-state index contributed by atoms with van der Waals surface area (Å²) < 4.78 is 0. The molecule has 0 atom stereocenters. The van der Waals surface area contributed by atoms with Gasteiger partial charge in [-0.05, 0) is 36.6 Å². The first-order valence-corrected chi connectivity index (χ1v) is 7.93. The summed E-state index contributed by atoms with van der Waals surface area (Å²) in [4.78, 5) is 26.7. The maximum atomic E-state index is 12.2. The molecule has 1 heterocycles. The van der Waals surface area contributed by atoms with E-state index in [1.165, 1.54) is 6.08 Å². The molecule has 1 N–H and O–H groups in total. The fourth-order valence-electron chi connectivity index (χ4n) is 2.54. The molecule has 124 valence electrons. The predicted octanol–water partition coefficient (Wildman–Crippen LogP) is 2.74. The summed E-state index contributed by atoms with van der Waals surface area (Å²) in [6, 6.07) is 5.66. The lowest BCUT2D eigenvalue weighted by Crippen LogP contribution is -2.39. The summed E-state index contributed by atoms with van der Waals surface area (Å²) in [7, 11) is 3.87. The number of carboxylic acids is 1. The normalized spacial score (nSPS) is 15.9. The summed E-state index contributed by atoms with van der Waals surface area (Å²) in [5.41, 5.74) is 1.78. The first kappa shape index (κ1) is 17.3. The quantitative estimate of drug-likeness (QED) is 0.859. The molecule has 2 rings (SSSR count). The van der Waals surface area contributed by atoms with Gasteiger partial charge in [0.05, 0.1) is 5.92 Å². The Morgan fingerprint density at radius 1 is 1.30 bits per heavy atom. The molecule has 1 aliphatic heterocycles. The highest BCUT2D eigenvalue weighted by Gasteiger charge is 2.25. The van der Waals surface area contributed by atoms with Crippen LogP contribution in [0.1, 0.15) is 18.4 Å². The van der Waals surface area contributed by atoms with Gasteiger partial charge in [0.2, 0.25) is 5.91 Å². The minimum absolute atomic E-state index is 0.110. The number of piperidine rings is 1. The van der Waals surface area contributed by atoms with Gasteiger partial charge in [0.1, 0.15) is 0 Å². The topological polar surface area (TPSA) is 60.9 Å². The van der Waals surface area contributed by atoms with E-state index in [0.29, 0.717) is 31.0 Å². The Kier molecular flexibility index (Phi) is 5.66. The molecule has 1 amide bonds. The van der Waals surface area contributed by atoms with Gasteiger partial charge in [0.15, 0.2) is 0 Å². The Balaban J connectivity index is 1.98. The van der Waals surface area contributed by atoms with Crippen molar-refractivity contribution >= 4 is 35.2 Å². The van der Waals surface area contributed by atoms with Crippen LogP contribution in [0.15, 0.2) is 24.3 Å². The van der Waals surface area contributed by atoms with Crippen molar-refractivity contribution in [2.24, 2.45) is 5.92 Å². The Bertz CT molecular complexity index is 620. The zero-order valence-electron chi connectivity index (χ0n) is 13.3. The van der Waals surface area contributed by atoms with Gasteiger partial charge in [-0.3, -0.25) is 9.59 Å². The number of carbonyl (C=O) groups excluding carboxylic acids is 1. The molecule has 5 nitrogen and oxygen atoms in total. The molecule has 23 heavy (non-hydrogen) atoms. The van der Waals surface area contributed by atoms with E-state index in [0.717, 1.165) is 11.3 Å². The van der Waals surface area contributed by atoms with Gasteiger partial charge in [-0.1, -0.05) is 17.7 Å². The Morgan fingerprint density at radius 2 is 1.96 bits per heavy atom. The average Bonchev–Trinajstić information content (AvgIpc) is 2.53. The molecule has 0 unspecified atom stereocenters. The van der Waals surface area contributed by atoms with Crippen molar-refractivity contribution in [3.63, 3.8) is 0 Å². The highest BCUT2D eigenvalue weighted by atomic mass is 35.5. The van der Waals surface area contributed by atoms with Crippen LogP contribution in [0, 0.1) is 5.92 Å². The average molecular weight is 337 g/mol. The monoisotopic (exact) mass is 336 g/mol. The molecule has 1 aromatic rings. The van der Waals surface area contributed by atoms with E-state index >= 15 is 0 Å². The minimum atomic E-state index is -0.777. The van der Waals surface area contributed by atoms with Crippen LogP contribution in [0.25, 0.3) is 6.08 Å². The summed E-state index contributed by atoms with van der Waals surface area (Å²) in [6.07, 6.45) is 4.21. The number of nitrogens with zero attached hydrogens (tertiary/aromatic N) is 2. The van der Waals surface area contributed by atoms with Crippen LogP contribution < -0.4 is 4.90 Å². The number of likely N-dealkylation sites (tertiary alicyclic amines) is 1. The van der Waals surface area contributed by atoms with E-state index in [4.69, 9.17) is 16.7 Å². The zero-order valence-corrected chi connectivity index (χ0v) is 14.1. The molecule has 6 heteroatoms. The number of rotatable bonds is 4. The van der Waals surface area contributed by atoms with Crippen LogP contribution in [0.5, 0.6) is 0 Å². The number of benzene rings is 1. The first-order chi connectivity index (χ1) is 10.9. The van der Waals surface area contributed by atoms with Crippen LogP contribution in [-0.2, 0) is 9.59 Å². The van der Waals surface area contributed by atoms with Gasteiger partial charge >= 0.3 is 5.97 Å². The van der Waals surface area contributed by atoms with Crippen molar-refractivity contribution in [2.75, 3.05) is 32.1 Å². The molecule has 1 aliphatic rings. The van der Waals surface area contributed by atoms with Crippen molar-refractivity contribution in [3.05, 3.63) is 34.9 Å². The van der Waals surface area contributed by atoms with Gasteiger partial charge < -0.3 is 14.9 Å². The van der Waals surface area contributed by atoms with E-state index < -0.39 is 5.97 Å². The van der Waals surface area contributed by atoms with Gasteiger partial charge in [-0.15, -0.1) is 0 Å². The van der Waals surface area contributed by atoms with Crippen LogP contribution in [-0.4, -0.2) is 49.1 Å². The highest BCUT2D eigenvalue weighted by molar-refractivity contribution is 6.32. The second-order valence-corrected chi connectivity index (χ2v) is 6.28. The fourth-order valence-corrected chi connectivity index (χ4v) is 2.78. The largest absolute Gasteiger partial charge is 0.481 e. The van der Waals surface area contributed by atoms with Gasteiger partial charge in [-0.25, -0.2) is 0 Å². The third kappa shape index (κ3) is 4.48. The van der Waals surface area contributed by atoms with Crippen molar-refractivity contribution in [1.29, 1.82) is 0 Å². The smallest absolute Gasteiger partial charge is 0.306 e. The number of carboxylic acid groups (broad SMARTS) is 1. The fraction of sp³-hybridized carbons (Fsp3) is 0.412. The third-order valence-electron chi connectivity index (χ3n) is 4.06. The number of anilines is 1. The molecule has 0 aromatic heterocycles. The number of halogens is 1. The van der Waals surface area contributed by atoms with Crippen LogP contribution in [0.2, 0.25) is 5.02 Å². The lowest BCUT2D eigenvalue weighted by atomic mass is 9.97. The molecule has 1 fully saturated rings. The van der Waals surface area contributed by atoms with E-state index in [2.05, 4.69) is 0 Å². The minimum Gasteiger partial charge on any atom is -0.481 e. The second-order valence-electron chi connectivity index (χ2n) is 5.87. The second kappa shape index (κ2) is 7.51. The Morgan fingerprint density at radius 3 is 2.48 bits per heavy atom. The Labute approximate surface area is 141 Å². The lowest BCUT2D eigenvalue weighted by Gasteiger charge is -2.29. The number of hydrogen-bond acceptors (Lipinski definition) is 3. The van der Waals surface area contributed by atoms with Crippen molar-refractivity contribution < 1.29 is 14.7 Å². The summed E-state index contributed by atoms with van der Waals surface area (Å²) in [6.45, 7) is 0.959. The zero-order chi connectivity index (χ0) is 17.0. The molecular weight excluding hydrogens is 316 g/mol. The molecular formula is C17H21ClN2O3. The van der Waals surface area contributed by atoms with E-state index in [1.807, 2.05) is 37.2 Å². The van der Waals surface area contributed by atoms with Gasteiger partial charge in [-0.2, -0.15) is 0 Å². The first-order valence-electron chi connectivity index (χ1n) is 7.55. The number of amides is 1. The van der Waals surface area contributed by atoms with Crippen molar-refractivity contribution in [3.8, 4) is 0 Å². The van der Waals surface area contributed by atoms with Crippen LogP contribution in [0.4, 0.5) is 5.69 Å². The summed E-state index contributed by atoms with van der Waals surface area (Å²) >= 11 is 6.23. The summed E-state index contributed by atoms with van der Waals surface area (Å²) in [5, 5.41) is 9.56. The molecule has 1 saturated heterocycles. The number of carbonyl (C=O) groups is 2. The summed E-state index contributed by atoms with van der Waals surface area (Å²) in [5.74, 6) is -1.22. The molecule has 0 aliphatic carbocycles. The maximum Gasteiger partial charge on any atom is 0.306 e. The number of aliphatic carboxylic acids is 1. The lowest BCUT2D eigenvalue weighted by molar-refractivity contribution is -0.144. The molecule has 0 spiro atoms. The molecule has 0 saturated carbocycles. The van der Waals surface area contributed by atoms with E-state index in [-0.39, 0.29) is 11.8 Å². The molecule has 1 aromatic carbocycles. The number of hydrogen-bond donors (Lipinski definition) is 1. The standard InChI is InChI=1S/C17H21ClN2O3/c1-19(2)14-5-3-12(15(18)11-14)4-6-16(21)20-9-7-13(8-10-20)17(22)23/h3-6,11,13H,7-10H2,1-2H3,(H,22,23). The van der Waals surface area contributed by atoms with E-state index in [1.54, 1.807) is 11.0 Å². The van der Waals surface area contributed by atoms with Gasteiger partial charge in [0, 0.05) is 44.0 Å². The van der Waals surface area contributed by atoms with Crippen molar-refractivity contribution in [2.45, 2.75) is 12.8 Å². The van der Waals surface area contributed by atoms with Crippen molar-refractivity contribution in [1.82, 2.24) is 4.90 Å². The molecule has 0 bridgehead atoms. The van der Waals surface area contributed by atoms with E-state index in [9.17, 15) is 9.59 Å². The van der Waals surface area contributed by atoms with Crippen LogP contribution in [0.3, 0.4) is 0 Å².